The number of allylic oxidation sites excluding steroid dienone is 2. The van der Waals surface area contributed by atoms with Crippen molar-refractivity contribution >= 4 is 5.76 Å². The normalized spacial score (nSPS) is 11.4. The molecule has 0 N–H and O–H groups in total. The average Bonchev–Trinajstić information content (AvgIpc) is 2.62. The molecule has 3 heteroatoms. The smallest absolute Gasteiger partial charge is 0.262 e. The lowest BCUT2D eigenvalue weighted by molar-refractivity contribution is 0.345. The van der Waals surface area contributed by atoms with Gasteiger partial charge in [0.25, 0.3) is 5.89 Å². The lowest BCUT2D eigenvalue weighted by Gasteiger charge is -1.98. The second-order valence-electron chi connectivity index (χ2n) is 2.46. The SMILES string of the molecule is C=C/C=C(\OC)c1ncc(CC)o1. The Morgan fingerprint density at radius 1 is 1.77 bits per heavy atom. The summed E-state index contributed by atoms with van der Waals surface area (Å²) in [5.74, 6) is 1.94. The Hall–Kier alpha value is -1.51. The molecule has 1 heterocycles. The maximum Gasteiger partial charge on any atom is 0.262 e. The second-order valence-corrected chi connectivity index (χ2v) is 2.46. The molecule has 0 fully saturated rings. The van der Waals surface area contributed by atoms with E-state index in [4.69, 9.17) is 9.15 Å². The Labute approximate surface area is 77.7 Å². The Kier molecular flexibility index (Phi) is 3.31. The fourth-order valence-corrected chi connectivity index (χ4v) is 0.919. The number of hydrogen-bond donors (Lipinski definition) is 0. The number of hydrogen-bond acceptors (Lipinski definition) is 3. The Morgan fingerprint density at radius 2 is 2.54 bits per heavy atom. The van der Waals surface area contributed by atoms with Crippen LogP contribution in [0.4, 0.5) is 0 Å². The van der Waals surface area contributed by atoms with Crippen molar-refractivity contribution in [3.63, 3.8) is 0 Å². The van der Waals surface area contributed by atoms with E-state index in [1.165, 1.54) is 0 Å². The highest BCUT2D eigenvalue weighted by Crippen LogP contribution is 2.15. The first-order valence-electron chi connectivity index (χ1n) is 4.13. The monoisotopic (exact) mass is 179 g/mol. The van der Waals surface area contributed by atoms with Gasteiger partial charge in [0.15, 0.2) is 5.76 Å². The molecule has 0 spiro atoms. The minimum absolute atomic E-state index is 0.499. The third kappa shape index (κ3) is 2.21. The van der Waals surface area contributed by atoms with Crippen LogP contribution in [0.2, 0.25) is 0 Å². The average molecular weight is 179 g/mol. The van der Waals surface area contributed by atoms with Gasteiger partial charge in [0, 0.05) is 6.42 Å². The van der Waals surface area contributed by atoms with E-state index in [-0.39, 0.29) is 0 Å². The Morgan fingerprint density at radius 3 is 3.00 bits per heavy atom. The summed E-state index contributed by atoms with van der Waals surface area (Å²) in [6.07, 6.45) is 5.88. The van der Waals surface area contributed by atoms with E-state index in [9.17, 15) is 0 Å². The topological polar surface area (TPSA) is 35.3 Å². The van der Waals surface area contributed by atoms with Crippen LogP contribution in [0.1, 0.15) is 18.6 Å². The largest absolute Gasteiger partial charge is 0.491 e. The van der Waals surface area contributed by atoms with E-state index in [1.54, 1.807) is 25.5 Å². The molecular weight excluding hydrogens is 166 g/mol. The van der Waals surface area contributed by atoms with Gasteiger partial charge in [-0.05, 0) is 6.08 Å². The third-order valence-electron chi connectivity index (χ3n) is 1.60. The molecule has 0 aromatic carbocycles. The maximum atomic E-state index is 5.39. The number of methoxy groups -OCH3 is 1. The van der Waals surface area contributed by atoms with Crippen molar-refractivity contribution in [1.82, 2.24) is 4.98 Å². The summed E-state index contributed by atoms with van der Waals surface area (Å²) >= 11 is 0. The van der Waals surface area contributed by atoms with Crippen LogP contribution in [-0.2, 0) is 11.2 Å². The summed E-state index contributed by atoms with van der Waals surface area (Å²) in [5.41, 5.74) is 0. The third-order valence-corrected chi connectivity index (χ3v) is 1.60. The van der Waals surface area contributed by atoms with E-state index >= 15 is 0 Å². The van der Waals surface area contributed by atoms with Crippen LogP contribution in [-0.4, -0.2) is 12.1 Å². The minimum atomic E-state index is 0.499. The standard InChI is InChI=1S/C10H13NO2/c1-4-6-9(12-3)10-11-7-8(5-2)13-10/h4,6-7H,1,5H2,2-3H3/b9-6-. The number of aryl methyl sites for hydroxylation is 1. The van der Waals surface area contributed by atoms with Gasteiger partial charge in [0.05, 0.1) is 13.3 Å². The van der Waals surface area contributed by atoms with Gasteiger partial charge >= 0.3 is 0 Å². The van der Waals surface area contributed by atoms with Crippen LogP contribution < -0.4 is 0 Å². The summed E-state index contributed by atoms with van der Waals surface area (Å²) in [6, 6.07) is 0. The number of oxazole rings is 1. The highest BCUT2D eigenvalue weighted by Gasteiger charge is 2.07. The van der Waals surface area contributed by atoms with Crippen molar-refractivity contribution < 1.29 is 9.15 Å². The predicted octanol–water partition coefficient (Wildman–Crippen LogP) is 2.41. The van der Waals surface area contributed by atoms with Crippen LogP contribution in [0.5, 0.6) is 0 Å². The molecule has 0 amide bonds. The summed E-state index contributed by atoms with van der Waals surface area (Å²) in [5, 5.41) is 0. The fraction of sp³-hybridized carbons (Fsp3) is 0.300. The number of aromatic nitrogens is 1. The van der Waals surface area contributed by atoms with Gasteiger partial charge in [-0.25, -0.2) is 4.98 Å². The minimum Gasteiger partial charge on any atom is -0.491 e. The molecule has 0 unspecified atom stereocenters. The van der Waals surface area contributed by atoms with Crippen molar-refractivity contribution in [1.29, 1.82) is 0 Å². The molecule has 0 saturated heterocycles. The molecule has 13 heavy (non-hydrogen) atoms. The lowest BCUT2D eigenvalue weighted by atomic mass is 10.4. The van der Waals surface area contributed by atoms with Crippen molar-refractivity contribution in [2.75, 3.05) is 7.11 Å². The molecule has 0 atom stereocenters. The van der Waals surface area contributed by atoms with Gasteiger partial charge in [-0.2, -0.15) is 0 Å². The summed E-state index contributed by atoms with van der Waals surface area (Å²) in [7, 11) is 1.57. The summed E-state index contributed by atoms with van der Waals surface area (Å²) < 4.78 is 10.5. The highest BCUT2D eigenvalue weighted by atomic mass is 16.5. The van der Waals surface area contributed by atoms with E-state index in [0.717, 1.165) is 12.2 Å². The first-order chi connectivity index (χ1) is 6.31. The van der Waals surface area contributed by atoms with Gasteiger partial charge in [0.1, 0.15) is 5.76 Å². The zero-order valence-electron chi connectivity index (χ0n) is 7.91. The molecular formula is C10H13NO2. The first-order valence-corrected chi connectivity index (χ1v) is 4.13. The summed E-state index contributed by atoms with van der Waals surface area (Å²) in [6.45, 7) is 5.58. The molecule has 0 aliphatic rings. The number of rotatable bonds is 4. The van der Waals surface area contributed by atoms with Gasteiger partial charge < -0.3 is 9.15 Å². The molecule has 3 nitrogen and oxygen atoms in total. The predicted molar refractivity (Wildman–Crippen MR) is 51.1 cm³/mol. The molecule has 70 valence electrons. The molecule has 0 aliphatic heterocycles. The van der Waals surface area contributed by atoms with Crippen LogP contribution in [0, 0.1) is 0 Å². The fourth-order valence-electron chi connectivity index (χ4n) is 0.919. The highest BCUT2D eigenvalue weighted by molar-refractivity contribution is 5.53. The quantitative estimate of drug-likeness (QED) is 0.526. The van der Waals surface area contributed by atoms with Crippen molar-refractivity contribution in [3.05, 3.63) is 36.6 Å². The van der Waals surface area contributed by atoms with Crippen molar-refractivity contribution in [3.8, 4) is 0 Å². The zero-order valence-corrected chi connectivity index (χ0v) is 7.91. The van der Waals surface area contributed by atoms with Crippen LogP contribution >= 0.6 is 0 Å². The van der Waals surface area contributed by atoms with E-state index in [0.29, 0.717) is 11.6 Å². The molecule has 1 aromatic rings. The second kappa shape index (κ2) is 4.50. The zero-order chi connectivity index (χ0) is 9.68. The number of ether oxygens (including phenoxy) is 1. The van der Waals surface area contributed by atoms with Crippen LogP contribution in [0.15, 0.2) is 29.3 Å². The Bertz CT molecular complexity index is 312. The van der Waals surface area contributed by atoms with E-state index in [2.05, 4.69) is 11.6 Å². The van der Waals surface area contributed by atoms with Crippen molar-refractivity contribution in [2.24, 2.45) is 0 Å². The summed E-state index contributed by atoms with van der Waals surface area (Å²) in [4.78, 5) is 4.07. The van der Waals surface area contributed by atoms with Gasteiger partial charge in [-0.15, -0.1) is 0 Å². The van der Waals surface area contributed by atoms with Gasteiger partial charge in [0.2, 0.25) is 0 Å². The molecule has 1 rings (SSSR count). The maximum absolute atomic E-state index is 5.39. The molecule has 0 saturated carbocycles. The number of nitrogens with zero attached hydrogens (tertiary/aromatic N) is 1. The van der Waals surface area contributed by atoms with Gasteiger partial charge in [-0.3, -0.25) is 0 Å². The van der Waals surface area contributed by atoms with Crippen molar-refractivity contribution in [2.45, 2.75) is 13.3 Å². The molecule has 1 aromatic heterocycles. The van der Waals surface area contributed by atoms with E-state index in [1.807, 2.05) is 6.92 Å². The molecule has 0 bridgehead atoms. The first kappa shape index (κ1) is 9.58. The lowest BCUT2D eigenvalue weighted by Crippen LogP contribution is -1.85. The Balaban J connectivity index is 2.91. The molecule has 0 radical (unpaired) electrons. The van der Waals surface area contributed by atoms with Crippen LogP contribution in [0.3, 0.4) is 0 Å². The molecule has 0 aliphatic carbocycles. The van der Waals surface area contributed by atoms with Gasteiger partial charge in [-0.1, -0.05) is 19.6 Å². The van der Waals surface area contributed by atoms with Crippen LogP contribution in [0.25, 0.3) is 5.76 Å². The van der Waals surface area contributed by atoms with E-state index < -0.39 is 0 Å².